The third-order valence-electron chi connectivity index (χ3n) is 8.07. The fraction of sp³-hybridized carbons (Fsp3) is 0.406. The van der Waals surface area contributed by atoms with Gasteiger partial charge in [-0.1, -0.05) is 74.3 Å². The molecule has 1 fully saturated rings. The van der Waals surface area contributed by atoms with Crippen LogP contribution in [0.5, 0.6) is 0 Å². The molecule has 1 aliphatic rings. The number of nitrogens with zero attached hydrogens (tertiary/aromatic N) is 1. The first kappa shape index (κ1) is 31.4. The summed E-state index contributed by atoms with van der Waals surface area (Å²) in [4.78, 5) is 13.3. The summed E-state index contributed by atoms with van der Waals surface area (Å²) in [6, 6.07) is 14.6. The Balaban J connectivity index is 1.81. The van der Waals surface area contributed by atoms with Crippen LogP contribution in [0.25, 0.3) is 0 Å². The first-order valence-electron chi connectivity index (χ1n) is 13.6. The van der Waals surface area contributed by atoms with Crippen molar-refractivity contribution in [3.63, 3.8) is 0 Å². The van der Waals surface area contributed by atoms with Crippen LogP contribution in [-0.4, -0.2) is 46.3 Å². The summed E-state index contributed by atoms with van der Waals surface area (Å²) in [5.41, 5.74) is 7.27. The zero-order valence-corrected chi connectivity index (χ0v) is 24.9. The summed E-state index contributed by atoms with van der Waals surface area (Å²) >= 11 is 12.3. The third kappa shape index (κ3) is 6.45. The van der Waals surface area contributed by atoms with E-state index < -0.39 is 41.1 Å². The highest BCUT2D eigenvalue weighted by atomic mass is 35.5. The van der Waals surface area contributed by atoms with Gasteiger partial charge in [0, 0.05) is 28.6 Å². The molecule has 0 unspecified atom stereocenters. The first-order valence-corrected chi connectivity index (χ1v) is 14.4. The molecule has 3 aromatic rings. The van der Waals surface area contributed by atoms with Gasteiger partial charge in [0.25, 0.3) is 0 Å². The van der Waals surface area contributed by atoms with E-state index in [2.05, 4.69) is 25.7 Å². The molecular weight excluding hydrogens is 569 g/mol. The number of hydrogen-bond donors (Lipinski definition) is 3. The number of aliphatic hydroxyl groups is 1. The highest BCUT2D eigenvalue weighted by Crippen LogP contribution is 2.53. The largest absolute Gasteiger partial charge is 0.478 e. The lowest BCUT2D eigenvalue weighted by Gasteiger charge is -2.41. The summed E-state index contributed by atoms with van der Waals surface area (Å²) in [5.74, 6) is -3.05. The standard InChI is InChI=1S/C32H36Cl2F2N2O3/c1-31(2,3)17-27-32(37,23-14-13-21(33)16-25(23)35)28(22-7-4-8-24(34)29(22)36)26(18-39)38(27)15-5-6-19-9-11-20(12-10-19)30(40)41/h4,7-14,16,26-28,39H,5-6,15,17-18,37H2,1-3H3,(H,40,41)/t26-,27-,28-,32+/m0/s1. The fourth-order valence-corrected chi connectivity index (χ4v) is 6.65. The van der Waals surface area contributed by atoms with Gasteiger partial charge in [-0.15, -0.1) is 0 Å². The van der Waals surface area contributed by atoms with Gasteiger partial charge in [0.2, 0.25) is 0 Å². The molecule has 1 saturated heterocycles. The van der Waals surface area contributed by atoms with E-state index in [4.69, 9.17) is 28.9 Å². The van der Waals surface area contributed by atoms with Gasteiger partial charge >= 0.3 is 5.97 Å². The smallest absolute Gasteiger partial charge is 0.335 e. The van der Waals surface area contributed by atoms with E-state index in [0.717, 1.165) is 5.56 Å². The molecule has 3 aromatic carbocycles. The van der Waals surface area contributed by atoms with Crippen LogP contribution in [0.1, 0.15) is 66.6 Å². The van der Waals surface area contributed by atoms with Crippen molar-refractivity contribution in [2.45, 2.75) is 63.6 Å². The van der Waals surface area contributed by atoms with Crippen molar-refractivity contribution in [3.05, 3.63) is 105 Å². The number of hydrogen-bond acceptors (Lipinski definition) is 4. The van der Waals surface area contributed by atoms with Gasteiger partial charge < -0.3 is 15.9 Å². The van der Waals surface area contributed by atoms with E-state index in [9.17, 15) is 15.0 Å². The molecule has 0 bridgehead atoms. The summed E-state index contributed by atoms with van der Waals surface area (Å²) < 4.78 is 31.4. The van der Waals surface area contributed by atoms with Crippen molar-refractivity contribution in [2.75, 3.05) is 13.2 Å². The number of aryl methyl sites for hydroxylation is 1. The SMILES string of the molecule is CC(C)(C)C[C@@H]1N(CCCc2ccc(C(=O)O)cc2)[C@@H](CO)[C@H](c2cccc(Cl)c2F)[C@@]1(N)c1ccc(Cl)cc1F. The van der Waals surface area contributed by atoms with Gasteiger partial charge in [0.05, 0.1) is 22.7 Å². The number of nitrogens with two attached hydrogens (primary N) is 1. The predicted octanol–water partition coefficient (Wildman–Crippen LogP) is 7.02. The second-order valence-electron chi connectivity index (χ2n) is 12.1. The Kier molecular flexibility index (Phi) is 9.46. The minimum atomic E-state index is -1.44. The molecule has 0 spiro atoms. The molecule has 4 rings (SSSR count). The van der Waals surface area contributed by atoms with Crippen LogP contribution in [0, 0.1) is 17.0 Å². The Morgan fingerprint density at radius 2 is 1.76 bits per heavy atom. The number of carboxylic acid groups (broad SMARTS) is 1. The monoisotopic (exact) mass is 604 g/mol. The molecule has 5 nitrogen and oxygen atoms in total. The number of likely N-dealkylation sites (tertiary alicyclic amines) is 1. The second-order valence-corrected chi connectivity index (χ2v) is 12.9. The lowest BCUT2D eigenvalue weighted by Crippen LogP contribution is -2.53. The Morgan fingerprint density at radius 1 is 1.07 bits per heavy atom. The quantitative estimate of drug-likeness (QED) is 0.244. The first-order chi connectivity index (χ1) is 19.3. The average molecular weight is 606 g/mol. The van der Waals surface area contributed by atoms with Crippen molar-refractivity contribution in [2.24, 2.45) is 11.1 Å². The van der Waals surface area contributed by atoms with Crippen LogP contribution >= 0.6 is 23.2 Å². The molecule has 4 N–H and O–H groups in total. The van der Waals surface area contributed by atoms with Crippen molar-refractivity contribution >= 4 is 29.2 Å². The average Bonchev–Trinajstić information content (AvgIpc) is 3.12. The van der Waals surface area contributed by atoms with Gasteiger partial charge in [-0.05, 0) is 72.7 Å². The van der Waals surface area contributed by atoms with E-state index in [-0.39, 0.29) is 38.8 Å². The van der Waals surface area contributed by atoms with Crippen LogP contribution in [0.3, 0.4) is 0 Å². The van der Waals surface area contributed by atoms with E-state index in [1.807, 2.05) is 0 Å². The van der Waals surface area contributed by atoms with E-state index >= 15 is 8.78 Å². The normalized spacial score (nSPS) is 23.2. The van der Waals surface area contributed by atoms with Crippen LogP contribution < -0.4 is 5.73 Å². The van der Waals surface area contributed by atoms with Gasteiger partial charge in [0.1, 0.15) is 11.6 Å². The molecule has 41 heavy (non-hydrogen) atoms. The van der Waals surface area contributed by atoms with Crippen LogP contribution in [0.2, 0.25) is 10.0 Å². The number of aromatic carboxylic acids is 1. The van der Waals surface area contributed by atoms with E-state index in [1.54, 1.807) is 48.5 Å². The van der Waals surface area contributed by atoms with Crippen LogP contribution in [-0.2, 0) is 12.0 Å². The maximum absolute atomic E-state index is 15.7. The fourth-order valence-electron chi connectivity index (χ4n) is 6.31. The lowest BCUT2D eigenvalue weighted by atomic mass is 9.68. The minimum absolute atomic E-state index is 0.0752. The molecular formula is C32H36Cl2F2N2O3. The Morgan fingerprint density at radius 3 is 2.34 bits per heavy atom. The van der Waals surface area contributed by atoms with E-state index in [1.165, 1.54) is 12.1 Å². The van der Waals surface area contributed by atoms with Crippen molar-refractivity contribution in [3.8, 4) is 0 Å². The highest BCUT2D eigenvalue weighted by Gasteiger charge is 2.60. The molecule has 1 aliphatic heterocycles. The predicted molar refractivity (Wildman–Crippen MR) is 159 cm³/mol. The number of aliphatic hydroxyl groups excluding tert-OH is 1. The number of rotatable bonds is 9. The van der Waals surface area contributed by atoms with Crippen LogP contribution in [0.4, 0.5) is 8.78 Å². The molecule has 0 radical (unpaired) electrons. The summed E-state index contributed by atoms with van der Waals surface area (Å²) in [7, 11) is 0. The van der Waals surface area contributed by atoms with Gasteiger partial charge in [-0.2, -0.15) is 0 Å². The summed E-state index contributed by atoms with van der Waals surface area (Å²) in [6.45, 7) is 6.34. The summed E-state index contributed by atoms with van der Waals surface area (Å²) in [6.07, 6.45) is 1.82. The Bertz CT molecular complexity index is 1400. The minimum Gasteiger partial charge on any atom is -0.478 e. The molecule has 0 aromatic heterocycles. The molecule has 0 aliphatic carbocycles. The van der Waals surface area contributed by atoms with Gasteiger partial charge in [0.15, 0.2) is 0 Å². The number of carbonyl (C=O) groups is 1. The molecule has 0 saturated carbocycles. The zero-order chi connectivity index (χ0) is 30.1. The van der Waals surface area contributed by atoms with Crippen molar-refractivity contribution < 1.29 is 23.8 Å². The number of benzene rings is 3. The molecule has 0 amide bonds. The van der Waals surface area contributed by atoms with Gasteiger partial charge in [-0.3, -0.25) is 4.90 Å². The molecule has 4 atom stereocenters. The zero-order valence-electron chi connectivity index (χ0n) is 23.4. The maximum Gasteiger partial charge on any atom is 0.335 e. The topological polar surface area (TPSA) is 86.8 Å². The van der Waals surface area contributed by atoms with Crippen molar-refractivity contribution in [1.82, 2.24) is 4.90 Å². The van der Waals surface area contributed by atoms with Gasteiger partial charge in [-0.25, -0.2) is 13.6 Å². The van der Waals surface area contributed by atoms with E-state index in [0.29, 0.717) is 25.8 Å². The maximum atomic E-state index is 15.7. The Hall–Kier alpha value is -2.55. The Labute approximate surface area is 249 Å². The number of carboxylic acids is 1. The second kappa shape index (κ2) is 12.4. The lowest BCUT2D eigenvalue weighted by molar-refractivity contribution is 0.0697. The third-order valence-corrected chi connectivity index (χ3v) is 8.59. The summed E-state index contributed by atoms with van der Waals surface area (Å²) in [5, 5.41) is 20.2. The molecule has 9 heteroatoms. The van der Waals surface area contributed by atoms with Crippen molar-refractivity contribution in [1.29, 1.82) is 0 Å². The van der Waals surface area contributed by atoms with Crippen LogP contribution in [0.15, 0.2) is 60.7 Å². The highest BCUT2D eigenvalue weighted by molar-refractivity contribution is 6.31. The number of halogens is 4. The molecule has 220 valence electrons. The molecule has 1 heterocycles.